The Labute approximate surface area is 119 Å². The lowest BCUT2D eigenvalue weighted by molar-refractivity contribution is -0.0191. The molecule has 2 fully saturated rings. The lowest BCUT2D eigenvalue weighted by Crippen LogP contribution is -2.50. The van der Waals surface area contributed by atoms with Crippen molar-refractivity contribution in [3.63, 3.8) is 0 Å². The minimum absolute atomic E-state index is 0.0761. The van der Waals surface area contributed by atoms with Crippen molar-refractivity contribution in [3.8, 4) is 0 Å². The Morgan fingerprint density at radius 3 is 2.58 bits per heavy atom. The molecule has 0 bridgehead atoms. The minimum atomic E-state index is -0.0761. The lowest BCUT2D eigenvalue weighted by atomic mass is 9.70. The molecule has 2 heteroatoms. The molecule has 5 atom stereocenters. The highest BCUT2D eigenvalue weighted by atomic mass is 16.3. The van der Waals surface area contributed by atoms with Gasteiger partial charge >= 0.3 is 0 Å². The van der Waals surface area contributed by atoms with Crippen molar-refractivity contribution in [1.29, 1.82) is 0 Å². The maximum Gasteiger partial charge on any atom is 0.0581 e. The van der Waals surface area contributed by atoms with Gasteiger partial charge in [0.15, 0.2) is 0 Å². The van der Waals surface area contributed by atoms with E-state index in [9.17, 15) is 5.11 Å². The maximum atomic E-state index is 10.3. The van der Waals surface area contributed by atoms with Gasteiger partial charge in [0, 0.05) is 19.1 Å². The number of nitrogens with zero attached hydrogens (tertiary/aromatic N) is 1. The first-order valence-electron chi connectivity index (χ1n) is 8.20. The predicted octanol–water partition coefficient (Wildman–Crippen LogP) is 3.54. The summed E-state index contributed by atoms with van der Waals surface area (Å²) in [4.78, 5) is 2.65. The van der Waals surface area contributed by atoms with Crippen LogP contribution in [0.25, 0.3) is 0 Å². The van der Waals surface area contributed by atoms with Crippen molar-refractivity contribution in [3.05, 3.63) is 0 Å². The SMILES string of the molecule is CC1CC(C)C(C)N(CC2CC(C)(C)CCC2O)C1. The fraction of sp³-hybridized carbons (Fsp3) is 1.00. The van der Waals surface area contributed by atoms with Crippen LogP contribution in [0, 0.1) is 23.2 Å². The van der Waals surface area contributed by atoms with Gasteiger partial charge in [-0.15, -0.1) is 0 Å². The van der Waals surface area contributed by atoms with E-state index in [1.165, 1.54) is 25.8 Å². The molecular weight excluding hydrogens is 234 g/mol. The summed E-state index contributed by atoms with van der Waals surface area (Å²) < 4.78 is 0. The van der Waals surface area contributed by atoms with Crippen LogP contribution in [0.15, 0.2) is 0 Å². The van der Waals surface area contributed by atoms with Gasteiger partial charge in [-0.3, -0.25) is 4.90 Å². The number of likely N-dealkylation sites (tertiary alicyclic amines) is 1. The van der Waals surface area contributed by atoms with Gasteiger partial charge in [0.1, 0.15) is 0 Å². The summed E-state index contributed by atoms with van der Waals surface area (Å²) in [5.41, 5.74) is 0.417. The molecule has 0 radical (unpaired) electrons. The van der Waals surface area contributed by atoms with Crippen molar-refractivity contribution < 1.29 is 5.11 Å². The number of hydrogen-bond donors (Lipinski definition) is 1. The van der Waals surface area contributed by atoms with Gasteiger partial charge in [-0.25, -0.2) is 0 Å². The minimum Gasteiger partial charge on any atom is -0.393 e. The second kappa shape index (κ2) is 5.73. The first-order valence-corrected chi connectivity index (χ1v) is 8.20. The van der Waals surface area contributed by atoms with Crippen molar-refractivity contribution >= 4 is 0 Å². The molecule has 2 aliphatic rings. The Hall–Kier alpha value is -0.0800. The zero-order valence-electron chi connectivity index (χ0n) is 13.5. The summed E-state index contributed by atoms with van der Waals surface area (Å²) >= 11 is 0. The van der Waals surface area contributed by atoms with E-state index in [4.69, 9.17) is 0 Å². The topological polar surface area (TPSA) is 23.5 Å². The van der Waals surface area contributed by atoms with Crippen molar-refractivity contribution in [2.75, 3.05) is 13.1 Å². The zero-order chi connectivity index (χ0) is 14.2. The first kappa shape index (κ1) is 15.3. The molecule has 2 rings (SSSR count). The van der Waals surface area contributed by atoms with Crippen LogP contribution in [0.2, 0.25) is 0 Å². The fourth-order valence-corrected chi connectivity index (χ4v) is 4.28. The van der Waals surface area contributed by atoms with Crippen molar-refractivity contribution in [2.24, 2.45) is 23.2 Å². The molecule has 1 saturated carbocycles. The van der Waals surface area contributed by atoms with Crippen molar-refractivity contribution in [1.82, 2.24) is 4.90 Å². The van der Waals surface area contributed by atoms with Crippen molar-refractivity contribution in [2.45, 2.75) is 72.4 Å². The molecule has 0 aromatic carbocycles. The molecule has 1 N–H and O–H groups in total. The van der Waals surface area contributed by atoms with Gasteiger partial charge in [0.05, 0.1) is 6.10 Å². The molecule has 19 heavy (non-hydrogen) atoms. The van der Waals surface area contributed by atoms with E-state index in [0.717, 1.165) is 24.8 Å². The smallest absolute Gasteiger partial charge is 0.0581 e. The second-order valence-corrected chi connectivity index (χ2v) is 8.25. The van der Waals surface area contributed by atoms with E-state index >= 15 is 0 Å². The molecule has 1 aliphatic heterocycles. The molecule has 0 aromatic heterocycles. The third-order valence-corrected chi connectivity index (χ3v) is 5.66. The summed E-state index contributed by atoms with van der Waals surface area (Å²) in [5, 5.41) is 10.3. The average Bonchev–Trinajstić information content (AvgIpc) is 2.30. The van der Waals surface area contributed by atoms with Crippen LogP contribution < -0.4 is 0 Å². The van der Waals surface area contributed by atoms with Gasteiger partial charge in [-0.2, -0.15) is 0 Å². The molecule has 5 unspecified atom stereocenters. The Balaban J connectivity index is 1.98. The summed E-state index contributed by atoms with van der Waals surface area (Å²) in [5.74, 6) is 2.07. The van der Waals surface area contributed by atoms with Gasteiger partial charge in [-0.05, 0) is 55.8 Å². The fourth-order valence-electron chi connectivity index (χ4n) is 4.28. The number of piperidine rings is 1. The number of aliphatic hydroxyl groups excluding tert-OH is 1. The molecule has 1 aliphatic carbocycles. The van der Waals surface area contributed by atoms with Gasteiger partial charge in [-0.1, -0.05) is 27.7 Å². The van der Waals surface area contributed by atoms with E-state index in [1.807, 2.05) is 0 Å². The Morgan fingerprint density at radius 2 is 1.89 bits per heavy atom. The highest BCUT2D eigenvalue weighted by Gasteiger charge is 2.37. The van der Waals surface area contributed by atoms with Crippen LogP contribution >= 0.6 is 0 Å². The largest absolute Gasteiger partial charge is 0.393 e. The number of rotatable bonds is 2. The van der Waals surface area contributed by atoms with Crippen LogP contribution in [0.1, 0.15) is 60.3 Å². The highest BCUT2D eigenvalue weighted by Crippen LogP contribution is 2.40. The third kappa shape index (κ3) is 3.72. The molecular formula is C17H33NO. The maximum absolute atomic E-state index is 10.3. The number of hydrogen-bond acceptors (Lipinski definition) is 2. The quantitative estimate of drug-likeness (QED) is 0.827. The molecule has 0 spiro atoms. The highest BCUT2D eigenvalue weighted by molar-refractivity contribution is 4.89. The van der Waals surface area contributed by atoms with E-state index in [2.05, 4.69) is 39.5 Å². The van der Waals surface area contributed by atoms with Crippen LogP contribution in [0.4, 0.5) is 0 Å². The monoisotopic (exact) mass is 267 g/mol. The Bertz CT molecular complexity index is 302. The predicted molar refractivity (Wildman–Crippen MR) is 81.1 cm³/mol. The molecule has 2 nitrogen and oxygen atoms in total. The third-order valence-electron chi connectivity index (χ3n) is 5.66. The standard InChI is InChI=1S/C17H33NO/c1-12-8-13(2)14(3)18(10-12)11-15-9-17(4,5)7-6-16(15)19/h12-16,19H,6-11H2,1-5H3. The van der Waals surface area contributed by atoms with Crippen LogP contribution in [0.5, 0.6) is 0 Å². The number of aliphatic hydroxyl groups is 1. The summed E-state index contributed by atoms with van der Waals surface area (Å²) in [6.07, 6.45) is 4.63. The Kier molecular flexibility index (Phi) is 4.62. The van der Waals surface area contributed by atoms with Crippen LogP contribution in [-0.4, -0.2) is 35.2 Å². The molecule has 1 heterocycles. The average molecular weight is 267 g/mol. The normalized spacial score (nSPS) is 44.2. The van der Waals surface area contributed by atoms with Crippen LogP contribution in [-0.2, 0) is 0 Å². The molecule has 0 amide bonds. The molecule has 112 valence electrons. The zero-order valence-corrected chi connectivity index (χ0v) is 13.5. The van der Waals surface area contributed by atoms with E-state index in [-0.39, 0.29) is 6.10 Å². The van der Waals surface area contributed by atoms with Gasteiger partial charge < -0.3 is 5.11 Å². The van der Waals surface area contributed by atoms with Crippen LogP contribution in [0.3, 0.4) is 0 Å². The summed E-state index contributed by atoms with van der Waals surface area (Å²) in [7, 11) is 0. The Morgan fingerprint density at radius 1 is 1.21 bits per heavy atom. The first-order chi connectivity index (χ1) is 8.78. The molecule has 0 aromatic rings. The second-order valence-electron chi connectivity index (χ2n) is 8.25. The summed E-state index contributed by atoms with van der Waals surface area (Å²) in [6.45, 7) is 14.2. The van der Waals surface area contributed by atoms with Gasteiger partial charge in [0.25, 0.3) is 0 Å². The van der Waals surface area contributed by atoms with E-state index in [1.54, 1.807) is 0 Å². The molecule has 1 saturated heterocycles. The van der Waals surface area contributed by atoms with E-state index in [0.29, 0.717) is 17.4 Å². The van der Waals surface area contributed by atoms with Gasteiger partial charge in [0.2, 0.25) is 0 Å². The lowest BCUT2D eigenvalue weighted by Gasteiger charge is -2.46. The summed E-state index contributed by atoms with van der Waals surface area (Å²) in [6, 6.07) is 0.674. The van der Waals surface area contributed by atoms with E-state index < -0.39 is 0 Å².